The van der Waals surface area contributed by atoms with Crippen LogP contribution in [0.3, 0.4) is 0 Å². The van der Waals surface area contributed by atoms with Crippen LogP contribution >= 0.6 is 0 Å². The van der Waals surface area contributed by atoms with Crippen LogP contribution in [-0.2, 0) is 9.59 Å². The van der Waals surface area contributed by atoms with Crippen LogP contribution in [0.5, 0.6) is 5.75 Å². The van der Waals surface area contributed by atoms with E-state index in [4.69, 9.17) is 4.74 Å². The summed E-state index contributed by atoms with van der Waals surface area (Å²) in [5, 5.41) is 5.35. The Kier molecular flexibility index (Phi) is 5.89. The molecule has 1 atom stereocenters. The van der Waals surface area contributed by atoms with Crippen molar-refractivity contribution in [3.8, 4) is 5.75 Å². The van der Waals surface area contributed by atoms with Gasteiger partial charge in [0.15, 0.2) is 17.7 Å². The molecule has 2 aromatic carbocycles. The second-order valence-electron chi connectivity index (χ2n) is 5.20. The molecule has 2 N–H and O–H groups in total. The Morgan fingerprint density at radius 3 is 2.38 bits per heavy atom. The molecule has 0 aliphatic carbocycles. The molecule has 0 aliphatic heterocycles. The lowest BCUT2D eigenvalue weighted by atomic mass is 10.2. The fourth-order valence-corrected chi connectivity index (χ4v) is 2.12. The van der Waals surface area contributed by atoms with Gasteiger partial charge in [0, 0.05) is 18.3 Å². The Bertz CT molecular complexity index is 734. The minimum atomic E-state index is -0.827. The van der Waals surface area contributed by atoms with E-state index in [1.807, 2.05) is 0 Å². The molecule has 0 aromatic heterocycles. The zero-order valence-electron chi connectivity index (χ0n) is 13.5. The molecule has 0 fully saturated rings. The van der Waals surface area contributed by atoms with Crippen molar-refractivity contribution in [3.63, 3.8) is 0 Å². The highest BCUT2D eigenvalue weighted by Gasteiger charge is 2.20. The minimum absolute atomic E-state index is 0.0338. The highest BCUT2D eigenvalue weighted by molar-refractivity contribution is 5.95. The fourth-order valence-electron chi connectivity index (χ4n) is 2.12. The molecule has 126 valence electrons. The van der Waals surface area contributed by atoms with Gasteiger partial charge in [0.25, 0.3) is 5.91 Å². The maximum Gasteiger partial charge on any atom is 0.265 e. The lowest BCUT2D eigenvalue weighted by molar-refractivity contribution is -0.123. The van der Waals surface area contributed by atoms with E-state index >= 15 is 0 Å². The first-order chi connectivity index (χ1) is 11.5. The Balaban J connectivity index is 2.07. The number of rotatable bonds is 6. The van der Waals surface area contributed by atoms with E-state index in [1.54, 1.807) is 43.3 Å². The molecule has 1 unspecified atom stereocenters. The number of anilines is 2. The first kappa shape index (κ1) is 17.5. The summed E-state index contributed by atoms with van der Waals surface area (Å²) in [5.41, 5.74) is 1.09. The Morgan fingerprint density at radius 1 is 1.08 bits per heavy atom. The van der Waals surface area contributed by atoms with Gasteiger partial charge < -0.3 is 15.4 Å². The fraction of sp³-hybridized carbons (Fsp3) is 0.222. The Hall–Kier alpha value is -2.89. The van der Waals surface area contributed by atoms with Crippen molar-refractivity contribution in [1.29, 1.82) is 0 Å². The van der Waals surface area contributed by atoms with Gasteiger partial charge in [-0.1, -0.05) is 25.1 Å². The van der Waals surface area contributed by atoms with Gasteiger partial charge in [-0.15, -0.1) is 0 Å². The van der Waals surface area contributed by atoms with Crippen molar-refractivity contribution in [2.45, 2.75) is 26.4 Å². The van der Waals surface area contributed by atoms with E-state index in [0.717, 1.165) is 0 Å². The van der Waals surface area contributed by atoms with Gasteiger partial charge in [-0.25, -0.2) is 4.39 Å². The number of amides is 2. The number of hydrogen-bond donors (Lipinski definition) is 2. The van der Waals surface area contributed by atoms with Crippen LogP contribution in [0.15, 0.2) is 48.5 Å². The number of nitrogens with one attached hydrogen (secondary N) is 2. The van der Waals surface area contributed by atoms with Gasteiger partial charge in [-0.3, -0.25) is 9.59 Å². The molecule has 6 heteroatoms. The van der Waals surface area contributed by atoms with Gasteiger partial charge in [0.2, 0.25) is 5.91 Å². The maximum absolute atomic E-state index is 13.7. The monoisotopic (exact) mass is 330 g/mol. The normalized spacial score (nSPS) is 11.5. The number of halogens is 1. The van der Waals surface area contributed by atoms with Crippen LogP contribution < -0.4 is 15.4 Å². The smallest absolute Gasteiger partial charge is 0.265 e. The van der Waals surface area contributed by atoms with E-state index in [1.165, 1.54) is 19.1 Å². The molecule has 0 aliphatic rings. The minimum Gasteiger partial charge on any atom is -0.478 e. The molecule has 5 nitrogen and oxygen atoms in total. The van der Waals surface area contributed by atoms with Gasteiger partial charge in [-0.2, -0.15) is 0 Å². The summed E-state index contributed by atoms with van der Waals surface area (Å²) in [7, 11) is 0. The Labute approximate surface area is 139 Å². The van der Waals surface area contributed by atoms with Crippen molar-refractivity contribution in [1.82, 2.24) is 0 Å². The second-order valence-corrected chi connectivity index (χ2v) is 5.20. The molecule has 2 amide bonds. The van der Waals surface area contributed by atoms with Crippen LogP contribution in [0, 0.1) is 5.82 Å². The second kappa shape index (κ2) is 8.10. The molecular weight excluding hydrogens is 311 g/mol. The predicted molar refractivity (Wildman–Crippen MR) is 90.5 cm³/mol. The summed E-state index contributed by atoms with van der Waals surface area (Å²) in [6.07, 6.45) is -0.447. The Morgan fingerprint density at radius 2 is 1.75 bits per heavy atom. The first-order valence-electron chi connectivity index (χ1n) is 7.59. The molecule has 0 saturated heterocycles. The summed E-state index contributed by atoms with van der Waals surface area (Å²) in [6, 6.07) is 12.7. The summed E-state index contributed by atoms with van der Waals surface area (Å²) >= 11 is 0. The average Bonchev–Trinajstić information content (AvgIpc) is 2.53. The number of benzene rings is 2. The standard InChI is InChI=1S/C18H19FN2O3/c1-3-16(24-17-10-5-4-9-15(17)19)18(23)21-14-8-6-7-13(11-14)20-12(2)22/h4-11,16H,3H2,1-2H3,(H,20,22)(H,21,23). The molecule has 2 aromatic rings. The predicted octanol–water partition coefficient (Wildman–Crippen LogP) is 3.58. The van der Waals surface area contributed by atoms with Gasteiger partial charge >= 0.3 is 0 Å². The van der Waals surface area contributed by atoms with Gasteiger partial charge in [-0.05, 0) is 36.8 Å². The van der Waals surface area contributed by atoms with Crippen molar-refractivity contribution in [3.05, 3.63) is 54.3 Å². The molecule has 0 saturated carbocycles. The van der Waals surface area contributed by atoms with Crippen molar-refractivity contribution in [2.24, 2.45) is 0 Å². The molecular formula is C18H19FN2O3. The van der Waals surface area contributed by atoms with Crippen LogP contribution in [0.4, 0.5) is 15.8 Å². The van der Waals surface area contributed by atoms with Crippen LogP contribution in [0.25, 0.3) is 0 Å². The number of ether oxygens (including phenoxy) is 1. The van der Waals surface area contributed by atoms with E-state index in [2.05, 4.69) is 10.6 Å². The summed E-state index contributed by atoms with van der Waals surface area (Å²) < 4.78 is 19.1. The van der Waals surface area contributed by atoms with Crippen LogP contribution in [0.2, 0.25) is 0 Å². The molecule has 0 bridgehead atoms. The molecule has 2 rings (SSSR count). The molecule has 24 heavy (non-hydrogen) atoms. The van der Waals surface area contributed by atoms with E-state index in [0.29, 0.717) is 17.8 Å². The zero-order chi connectivity index (χ0) is 17.5. The van der Waals surface area contributed by atoms with Crippen LogP contribution in [0.1, 0.15) is 20.3 Å². The third-order valence-electron chi connectivity index (χ3n) is 3.22. The third kappa shape index (κ3) is 4.81. The summed E-state index contributed by atoms with van der Waals surface area (Å²) in [6.45, 7) is 3.18. The van der Waals surface area contributed by atoms with Crippen molar-refractivity contribution < 1.29 is 18.7 Å². The summed E-state index contributed by atoms with van der Waals surface area (Å²) in [5.74, 6) is -1.07. The SMILES string of the molecule is CCC(Oc1ccccc1F)C(=O)Nc1cccc(NC(C)=O)c1. The van der Waals surface area contributed by atoms with E-state index < -0.39 is 11.9 Å². The maximum atomic E-state index is 13.7. The lowest BCUT2D eigenvalue weighted by Gasteiger charge is -2.18. The highest BCUT2D eigenvalue weighted by Crippen LogP contribution is 2.20. The number of carbonyl (C=O) groups is 2. The van der Waals surface area contributed by atoms with Gasteiger partial charge in [0.05, 0.1) is 0 Å². The first-order valence-corrected chi connectivity index (χ1v) is 7.59. The topological polar surface area (TPSA) is 67.4 Å². The summed E-state index contributed by atoms with van der Waals surface area (Å²) in [4.78, 5) is 23.4. The van der Waals surface area contributed by atoms with Crippen molar-refractivity contribution in [2.75, 3.05) is 10.6 Å². The zero-order valence-corrected chi connectivity index (χ0v) is 13.5. The molecule has 0 spiro atoms. The average molecular weight is 330 g/mol. The molecule has 0 radical (unpaired) electrons. The number of hydrogen-bond acceptors (Lipinski definition) is 3. The largest absolute Gasteiger partial charge is 0.478 e. The van der Waals surface area contributed by atoms with Gasteiger partial charge in [0.1, 0.15) is 0 Å². The number of carbonyl (C=O) groups excluding carboxylic acids is 2. The van der Waals surface area contributed by atoms with Crippen LogP contribution in [-0.4, -0.2) is 17.9 Å². The highest BCUT2D eigenvalue weighted by atomic mass is 19.1. The lowest BCUT2D eigenvalue weighted by Crippen LogP contribution is -2.32. The molecule has 0 heterocycles. The quantitative estimate of drug-likeness (QED) is 0.851. The van der Waals surface area contributed by atoms with E-state index in [-0.39, 0.29) is 17.6 Å². The van der Waals surface area contributed by atoms with Crippen molar-refractivity contribution >= 4 is 23.2 Å². The third-order valence-corrected chi connectivity index (χ3v) is 3.22. The number of para-hydroxylation sites is 1. The van der Waals surface area contributed by atoms with E-state index in [9.17, 15) is 14.0 Å².